The quantitative estimate of drug-likeness (QED) is 0.916. The summed E-state index contributed by atoms with van der Waals surface area (Å²) in [5.74, 6) is 0.999. The number of aryl methyl sites for hydroxylation is 1. The zero-order chi connectivity index (χ0) is 17.2. The number of carbonyl (C=O) groups excluding carboxylic acids is 1. The Balaban J connectivity index is 1.58. The molecule has 5 heteroatoms. The lowest BCUT2D eigenvalue weighted by molar-refractivity contribution is -0.130. The molecule has 1 aromatic carbocycles. The Labute approximate surface area is 141 Å². The summed E-state index contributed by atoms with van der Waals surface area (Å²) in [6.07, 6.45) is 1.86. The van der Waals surface area contributed by atoms with Crippen molar-refractivity contribution in [3.63, 3.8) is 0 Å². The Bertz CT molecular complexity index is 728. The van der Waals surface area contributed by atoms with Gasteiger partial charge >= 0.3 is 0 Å². The van der Waals surface area contributed by atoms with Crippen molar-refractivity contribution >= 4 is 5.91 Å². The first-order valence-corrected chi connectivity index (χ1v) is 8.32. The summed E-state index contributed by atoms with van der Waals surface area (Å²) in [4.78, 5) is 14.2. The highest BCUT2D eigenvalue weighted by atomic mass is 19.1. The van der Waals surface area contributed by atoms with Crippen LogP contribution in [-0.2, 0) is 11.2 Å². The van der Waals surface area contributed by atoms with Gasteiger partial charge in [0.1, 0.15) is 17.3 Å². The van der Waals surface area contributed by atoms with E-state index in [4.69, 9.17) is 10.2 Å². The lowest BCUT2D eigenvalue weighted by atomic mass is 9.90. The van der Waals surface area contributed by atoms with Crippen LogP contribution in [0.3, 0.4) is 0 Å². The number of nitrogens with zero attached hydrogens (tertiary/aromatic N) is 1. The lowest BCUT2D eigenvalue weighted by Gasteiger charge is -2.22. The van der Waals surface area contributed by atoms with Crippen LogP contribution < -0.4 is 5.73 Å². The SMILES string of the molecule is CC1(CN)CCN(C(=O)CCc2ccc(-c3ccccc3F)o2)C1. The van der Waals surface area contributed by atoms with E-state index in [1.807, 2.05) is 11.0 Å². The van der Waals surface area contributed by atoms with Gasteiger partial charge in [-0.3, -0.25) is 4.79 Å². The average Bonchev–Trinajstić information content (AvgIpc) is 3.21. The molecule has 128 valence electrons. The fourth-order valence-corrected chi connectivity index (χ4v) is 3.11. The van der Waals surface area contributed by atoms with Crippen molar-refractivity contribution in [1.29, 1.82) is 0 Å². The molecule has 2 aromatic rings. The van der Waals surface area contributed by atoms with E-state index in [1.165, 1.54) is 6.07 Å². The Morgan fingerprint density at radius 2 is 2.12 bits per heavy atom. The minimum absolute atomic E-state index is 0.0400. The molecule has 3 rings (SSSR count). The fraction of sp³-hybridized carbons (Fsp3) is 0.421. The van der Waals surface area contributed by atoms with E-state index in [-0.39, 0.29) is 17.1 Å². The number of benzene rings is 1. The van der Waals surface area contributed by atoms with Crippen LogP contribution in [0.15, 0.2) is 40.8 Å². The number of rotatable bonds is 5. The Morgan fingerprint density at radius 3 is 2.83 bits per heavy atom. The molecule has 1 unspecified atom stereocenters. The standard InChI is InChI=1S/C19H23FN2O2/c1-19(12-21)10-11-22(13-19)18(23)9-7-14-6-8-17(24-14)15-4-2-3-5-16(15)20/h2-6,8H,7,9-13,21H2,1H3. The summed E-state index contributed by atoms with van der Waals surface area (Å²) in [5, 5.41) is 0. The van der Waals surface area contributed by atoms with Crippen LogP contribution in [0.4, 0.5) is 4.39 Å². The van der Waals surface area contributed by atoms with E-state index in [0.717, 1.165) is 19.5 Å². The number of hydrogen-bond acceptors (Lipinski definition) is 3. The third-order valence-electron chi connectivity index (χ3n) is 4.79. The van der Waals surface area contributed by atoms with Gasteiger partial charge in [0.05, 0.1) is 5.56 Å². The van der Waals surface area contributed by atoms with E-state index >= 15 is 0 Å². The minimum atomic E-state index is -0.312. The molecular weight excluding hydrogens is 307 g/mol. The largest absolute Gasteiger partial charge is 0.461 e. The third-order valence-corrected chi connectivity index (χ3v) is 4.79. The highest BCUT2D eigenvalue weighted by Gasteiger charge is 2.34. The van der Waals surface area contributed by atoms with Crippen LogP contribution in [0.2, 0.25) is 0 Å². The molecule has 24 heavy (non-hydrogen) atoms. The summed E-state index contributed by atoms with van der Waals surface area (Å²) >= 11 is 0. The van der Waals surface area contributed by atoms with Crippen molar-refractivity contribution in [2.75, 3.05) is 19.6 Å². The molecule has 1 saturated heterocycles. The number of carbonyl (C=O) groups is 1. The molecule has 1 aliphatic heterocycles. The molecule has 1 atom stereocenters. The van der Waals surface area contributed by atoms with Gasteiger partial charge in [-0.2, -0.15) is 0 Å². The molecule has 0 spiro atoms. The molecule has 0 saturated carbocycles. The average molecular weight is 330 g/mol. The van der Waals surface area contributed by atoms with E-state index < -0.39 is 0 Å². The maximum absolute atomic E-state index is 13.8. The summed E-state index contributed by atoms with van der Waals surface area (Å²) < 4.78 is 19.5. The van der Waals surface area contributed by atoms with E-state index in [9.17, 15) is 9.18 Å². The number of hydrogen-bond donors (Lipinski definition) is 1. The van der Waals surface area contributed by atoms with Gasteiger partial charge in [0.25, 0.3) is 0 Å². The summed E-state index contributed by atoms with van der Waals surface area (Å²) in [6.45, 7) is 4.21. The number of likely N-dealkylation sites (tertiary alicyclic amines) is 1. The normalized spacial score (nSPS) is 20.5. The molecule has 2 heterocycles. The number of amides is 1. The van der Waals surface area contributed by atoms with Gasteiger partial charge in [-0.25, -0.2) is 4.39 Å². The maximum atomic E-state index is 13.8. The van der Waals surface area contributed by atoms with E-state index in [1.54, 1.807) is 24.3 Å². The smallest absolute Gasteiger partial charge is 0.223 e. The second kappa shape index (κ2) is 6.77. The monoisotopic (exact) mass is 330 g/mol. The fourth-order valence-electron chi connectivity index (χ4n) is 3.11. The molecule has 1 fully saturated rings. The number of nitrogens with two attached hydrogens (primary N) is 1. The Morgan fingerprint density at radius 1 is 1.33 bits per heavy atom. The molecule has 1 aliphatic rings. The van der Waals surface area contributed by atoms with Crippen molar-refractivity contribution in [3.05, 3.63) is 48.0 Å². The summed E-state index contributed by atoms with van der Waals surface area (Å²) in [5.41, 5.74) is 6.26. The van der Waals surface area contributed by atoms with Crippen LogP contribution in [0.25, 0.3) is 11.3 Å². The molecule has 1 aromatic heterocycles. The molecular formula is C19H23FN2O2. The van der Waals surface area contributed by atoms with Crippen LogP contribution in [0.5, 0.6) is 0 Å². The van der Waals surface area contributed by atoms with E-state index in [2.05, 4.69) is 6.92 Å². The van der Waals surface area contributed by atoms with Crippen LogP contribution in [0, 0.1) is 11.2 Å². The van der Waals surface area contributed by atoms with Gasteiger partial charge < -0.3 is 15.1 Å². The van der Waals surface area contributed by atoms with Crippen molar-refractivity contribution in [2.45, 2.75) is 26.2 Å². The summed E-state index contributed by atoms with van der Waals surface area (Å²) in [7, 11) is 0. The van der Waals surface area contributed by atoms with Gasteiger partial charge in [-0.15, -0.1) is 0 Å². The van der Waals surface area contributed by atoms with Crippen molar-refractivity contribution < 1.29 is 13.6 Å². The first kappa shape index (κ1) is 16.7. The topological polar surface area (TPSA) is 59.5 Å². The molecule has 2 N–H and O–H groups in total. The van der Waals surface area contributed by atoms with Gasteiger partial charge in [0.2, 0.25) is 5.91 Å². The molecule has 0 bridgehead atoms. The number of halogens is 1. The number of furan rings is 1. The van der Waals surface area contributed by atoms with Gasteiger partial charge in [0, 0.05) is 25.9 Å². The maximum Gasteiger partial charge on any atom is 0.223 e. The van der Waals surface area contributed by atoms with Gasteiger partial charge in [-0.05, 0) is 42.6 Å². The van der Waals surface area contributed by atoms with Crippen molar-refractivity contribution in [3.8, 4) is 11.3 Å². The second-order valence-electron chi connectivity index (χ2n) is 6.83. The highest BCUT2D eigenvalue weighted by Crippen LogP contribution is 2.29. The first-order valence-electron chi connectivity index (χ1n) is 8.32. The van der Waals surface area contributed by atoms with Crippen LogP contribution in [0.1, 0.15) is 25.5 Å². The van der Waals surface area contributed by atoms with Crippen LogP contribution >= 0.6 is 0 Å². The van der Waals surface area contributed by atoms with Crippen LogP contribution in [-0.4, -0.2) is 30.4 Å². The zero-order valence-corrected chi connectivity index (χ0v) is 13.9. The molecule has 4 nitrogen and oxygen atoms in total. The summed E-state index contributed by atoms with van der Waals surface area (Å²) in [6, 6.07) is 10.1. The lowest BCUT2D eigenvalue weighted by Crippen LogP contribution is -2.34. The molecule has 0 aliphatic carbocycles. The Hall–Kier alpha value is -2.14. The third kappa shape index (κ3) is 3.51. The Kier molecular flexibility index (Phi) is 4.71. The van der Waals surface area contributed by atoms with Gasteiger partial charge in [-0.1, -0.05) is 19.1 Å². The molecule has 0 radical (unpaired) electrons. The highest BCUT2D eigenvalue weighted by molar-refractivity contribution is 5.76. The van der Waals surface area contributed by atoms with Crippen molar-refractivity contribution in [1.82, 2.24) is 4.90 Å². The van der Waals surface area contributed by atoms with E-state index in [0.29, 0.717) is 36.5 Å². The minimum Gasteiger partial charge on any atom is -0.461 e. The predicted molar refractivity (Wildman–Crippen MR) is 90.8 cm³/mol. The molecule has 1 amide bonds. The predicted octanol–water partition coefficient (Wildman–Crippen LogP) is 3.22. The first-order chi connectivity index (χ1) is 11.5. The van der Waals surface area contributed by atoms with Crippen molar-refractivity contribution in [2.24, 2.45) is 11.1 Å². The second-order valence-corrected chi connectivity index (χ2v) is 6.83. The zero-order valence-electron chi connectivity index (χ0n) is 13.9. The van der Waals surface area contributed by atoms with Gasteiger partial charge in [0.15, 0.2) is 0 Å².